The van der Waals surface area contributed by atoms with E-state index in [0.717, 1.165) is 19.6 Å². The lowest BCUT2D eigenvalue weighted by atomic mass is 9.84. The van der Waals surface area contributed by atoms with E-state index < -0.39 is 0 Å². The Labute approximate surface area is 125 Å². The van der Waals surface area contributed by atoms with Crippen molar-refractivity contribution in [2.24, 2.45) is 0 Å². The van der Waals surface area contributed by atoms with Crippen LogP contribution in [0.25, 0.3) is 0 Å². The van der Waals surface area contributed by atoms with Gasteiger partial charge in [-0.1, -0.05) is 19.3 Å². The van der Waals surface area contributed by atoms with E-state index in [1.807, 2.05) is 0 Å². The summed E-state index contributed by atoms with van der Waals surface area (Å²) >= 11 is 0. The van der Waals surface area contributed by atoms with E-state index in [1.165, 1.54) is 32.1 Å². The molecule has 0 amide bonds. The fraction of sp³-hybridized carbons (Fsp3) is 1.00. The molecule has 1 N–H and O–H groups in total. The van der Waals surface area contributed by atoms with Crippen LogP contribution >= 0.6 is 0 Å². The summed E-state index contributed by atoms with van der Waals surface area (Å²) in [4.78, 5) is 0. The number of nitrogens with one attached hydrogen (secondary N) is 1. The third kappa shape index (κ3) is 6.55. The van der Waals surface area contributed by atoms with Crippen molar-refractivity contribution in [3.05, 3.63) is 0 Å². The molecule has 0 aromatic carbocycles. The van der Waals surface area contributed by atoms with E-state index in [-0.39, 0.29) is 16.7 Å². The Bertz CT molecular complexity index is 275. The smallest absolute Gasteiger partial charge is 0.0806 e. The van der Waals surface area contributed by atoms with Gasteiger partial charge in [0.1, 0.15) is 0 Å². The van der Waals surface area contributed by atoms with Gasteiger partial charge in [-0.3, -0.25) is 0 Å². The minimum atomic E-state index is -0.0900. The van der Waals surface area contributed by atoms with Crippen LogP contribution < -0.4 is 5.32 Å². The molecule has 0 bridgehead atoms. The average molecular weight is 285 g/mol. The van der Waals surface area contributed by atoms with Crippen molar-refractivity contribution >= 4 is 0 Å². The quantitative estimate of drug-likeness (QED) is 0.769. The highest BCUT2D eigenvalue weighted by Gasteiger charge is 2.34. The summed E-state index contributed by atoms with van der Waals surface area (Å²) in [5.74, 6) is 0. The maximum Gasteiger partial charge on any atom is 0.0806 e. The van der Waals surface area contributed by atoms with E-state index >= 15 is 0 Å². The van der Waals surface area contributed by atoms with E-state index in [0.29, 0.717) is 0 Å². The summed E-state index contributed by atoms with van der Waals surface area (Å²) in [5.41, 5.74) is 0.0995. The number of ether oxygens (including phenoxy) is 2. The average Bonchev–Trinajstić information content (AvgIpc) is 2.37. The van der Waals surface area contributed by atoms with Gasteiger partial charge < -0.3 is 14.8 Å². The van der Waals surface area contributed by atoms with Crippen LogP contribution in [0.3, 0.4) is 0 Å². The lowest BCUT2D eigenvalue weighted by Gasteiger charge is -2.40. The first-order valence-corrected chi connectivity index (χ1v) is 8.12. The summed E-state index contributed by atoms with van der Waals surface area (Å²) in [5, 5.41) is 3.64. The summed E-state index contributed by atoms with van der Waals surface area (Å²) in [6.45, 7) is 12.7. The first-order chi connectivity index (χ1) is 9.18. The van der Waals surface area contributed by atoms with Gasteiger partial charge in [0.2, 0.25) is 0 Å². The van der Waals surface area contributed by atoms with Crippen molar-refractivity contribution in [2.45, 2.75) is 89.9 Å². The maximum absolute atomic E-state index is 6.36. The highest BCUT2D eigenvalue weighted by Crippen LogP contribution is 2.32. The Morgan fingerprint density at radius 3 is 2.10 bits per heavy atom. The lowest BCUT2D eigenvalue weighted by molar-refractivity contribution is -0.0927. The predicted molar refractivity (Wildman–Crippen MR) is 85.2 cm³/mol. The standard InChI is InChI=1S/C17H35NO2/c1-15(2,3)18-14-17(10-8-7-9-11-17)20-13-12-16(4,5)19-6/h18H,7-14H2,1-6H3. The molecule has 1 saturated carbocycles. The Hall–Kier alpha value is -0.120. The monoisotopic (exact) mass is 285 g/mol. The molecule has 120 valence electrons. The highest BCUT2D eigenvalue weighted by molar-refractivity contribution is 4.89. The van der Waals surface area contributed by atoms with Gasteiger partial charge in [-0.25, -0.2) is 0 Å². The topological polar surface area (TPSA) is 30.5 Å². The molecule has 0 saturated heterocycles. The number of rotatable bonds is 7. The van der Waals surface area contributed by atoms with Crippen LogP contribution in [0.5, 0.6) is 0 Å². The Morgan fingerprint density at radius 1 is 1.00 bits per heavy atom. The van der Waals surface area contributed by atoms with Gasteiger partial charge in [0.25, 0.3) is 0 Å². The van der Waals surface area contributed by atoms with Gasteiger partial charge in [0.15, 0.2) is 0 Å². The molecule has 0 aromatic rings. The van der Waals surface area contributed by atoms with Crippen LogP contribution in [-0.4, -0.2) is 37.0 Å². The van der Waals surface area contributed by atoms with Gasteiger partial charge in [-0.05, 0) is 53.9 Å². The molecule has 0 radical (unpaired) electrons. The zero-order chi connectivity index (χ0) is 15.3. The number of hydrogen-bond donors (Lipinski definition) is 1. The molecule has 0 spiro atoms. The second kappa shape index (κ2) is 7.24. The van der Waals surface area contributed by atoms with Gasteiger partial charge in [-0.15, -0.1) is 0 Å². The molecule has 0 aliphatic heterocycles. The molecule has 3 nitrogen and oxygen atoms in total. The van der Waals surface area contributed by atoms with E-state index in [1.54, 1.807) is 7.11 Å². The molecule has 0 heterocycles. The highest BCUT2D eigenvalue weighted by atomic mass is 16.5. The first-order valence-electron chi connectivity index (χ1n) is 8.12. The van der Waals surface area contributed by atoms with Crippen LogP contribution in [0.15, 0.2) is 0 Å². The van der Waals surface area contributed by atoms with Crippen molar-refractivity contribution in [1.82, 2.24) is 5.32 Å². The molecule has 1 aliphatic carbocycles. The zero-order valence-corrected chi connectivity index (χ0v) is 14.5. The second-order valence-corrected chi connectivity index (χ2v) is 7.91. The number of methoxy groups -OCH3 is 1. The largest absolute Gasteiger partial charge is 0.379 e. The molecule has 1 rings (SSSR count). The van der Waals surface area contributed by atoms with Crippen LogP contribution in [0.4, 0.5) is 0 Å². The molecule has 3 heteroatoms. The van der Waals surface area contributed by atoms with Crippen LogP contribution in [0.1, 0.15) is 73.1 Å². The van der Waals surface area contributed by atoms with Gasteiger partial charge in [0.05, 0.1) is 17.8 Å². The predicted octanol–water partition coefficient (Wildman–Crippen LogP) is 3.91. The lowest BCUT2D eigenvalue weighted by Crippen LogP contribution is -2.50. The SMILES string of the molecule is COC(C)(C)CCOC1(CNC(C)(C)C)CCCCC1. The normalized spacial score (nSPS) is 20.1. The second-order valence-electron chi connectivity index (χ2n) is 7.91. The minimum absolute atomic E-state index is 0.0371. The van der Waals surface area contributed by atoms with Crippen molar-refractivity contribution in [2.75, 3.05) is 20.3 Å². The molecule has 0 aromatic heterocycles. The van der Waals surface area contributed by atoms with Gasteiger partial charge in [0, 0.05) is 19.2 Å². The van der Waals surface area contributed by atoms with E-state index in [2.05, 4.69) is 39.9 Å². The van der Waals surface area contributed by atoms with Gasteiger partial charge >= 0.3 is 0 Å². The number of hydrogen-bond acceptors (Lipinski definition) is 3. The van der Waals surface area contributed by atoms with Crippen molar-refractivity contribution in [3.8, 4) is 0 Å². The molecule has 1 aliphatic rings. The maximum atomic E-state index is 6.36. The van der Waals surface area contributed by atoms with E-state index in [4.69, 9.17) is 9.47 Å². The Morgan fingerprint density at radius 2 is 1.60 bits per heavy atom. The first kappa shape index (κ1) is 17.9. The fourth-order valence-corrected chi connectivity index (χ4v) is 2.61. The van der Waals surface area contributed by atoms with Crippen LogP contribution in [-0.2, 0) is 9.47 Å². The fourth-order valence-electron chi connectivity index (χ4n) is 2.61. The van der Waals surface area contributed by atoms with Crippen molar-refractivity contribution in [3.63, 3.8) is 0 Å². The minimum Gasteiger partial charge on any atom is -0.379 e. The van der Waals surface area contributed by atoms with Gasteiger partial charge in [-0.2, -0.15) is 0 Å². The summed E-state index contributed by atoms with van der Waals surface area (Å²) in [6, 6.07) is 0. The molecule has 0 unspecified atom stereocenters. The third-order valence-corrected chi connectivity index (χ3v) is 4.37. The Balaban J connectivity index is 2.51. The summed E-state index contributed by atoms with van der Waals surface area (Å²) < 4.78 is 11.8. The molecular weight excluding hydrogens is 250 g/mol. The Kier molecular flexibility index (Phi) is 6.49. The van der Waals surface area contributed by atoms with E-state index in [9.17, 15) is 0 Å². The molecular formula is C17H35NO2. The molecule has 0 atom stereocenters. The van der Waals surface area contributed by atoms with Crippen molar-refractivity contribution in [1.29, 1.82) is 0 Å². The van der Waals surface area contributed by atoms with Crippen LogP contribution in [0.2, 0.25) is 0 Å². The molecule has 20 heavy (non-hydrogen) atoms. The molecule has 1 fully saturated rings. The summed E-state index contributed by atoms with van der Waals surface area (Å²) in [6.07, 6.45) is 7.25. The zero-order valence-electron chi connectivity index (χ0n) is 14.5. The van der Waals surface area contributed by atoms with Crippen LogP contribution in [0, 0.1) is 0 Å². The summed E-state index contributed by atoms with van der Waals surface area (Å²) in [7, 11) is 1.78. The third-order valence-electron chi connectivity index (χ3n) is 4.37. The van der Waals surface area contributed by atoms with Crippen molar-refractivity contribution < 1.29 is 9.47 Å².